The minimum Gasteiger partial charge on any atom is -0.356 e. The van der Waals surface area contributed by atoms with E-state index >= 15 is 0 Å². The van der Waals surface area contributed by atoms with Crippen LogP contribution in [-0.4, -0.2) is 54.5 Å². The van der Waals surface area contributed by atoms with Crippen molar-refractivity contribution in [2.24, 2.45) is 10.9 Å². The number of guanidine groups is 1. The highest BCUT2D eigenvalue weighted by Crippen LogP contribution is 2.26. The molecule has 2 fully saturated rings. The molecule has 2 N–H and O–H groups in total. The normalized spacial score (nSPS) is 21.5. The van der Waals surface area contributed by atoms with E-state index < -0.39 is 0 Å². The van der Waals surface area contributed by atoms with E-state index in [9.17, 15) is 4.79 Å². The van der Waals surface area contributed by atoms with Crippen LogP contribution >= 0.6 is 11.3 Å². The van der Waals surface area contributed by atoms with Gasteiger partial charge in [-0.25, -0.2) is 4.98 Å². The highest BCUT2D eigenvalue weighted by molar-refractivity contribution is 7.11. The number of nitrogens with one attached hydrogen (secondary N) is 2. The van der Waals surface area contributed by atoms with Crippen LogP contribution in [0.25, 0.3) is 0 Å². The lowest BCUT2D eigenvalue weighted by molar-refractivity contribution is -0.135. The Hall–Kier alpha value is -1.63. The van der Waals surface area contributed by atoms with Crippen LogP contribution in [0.3, 0.4) is 0 Å². The quantitative estimate of drug-likeness (QED) is 0.578. The summed E-state index contributed by atoms with van der Waals surface area (Å²) in [5.74, 6) is 1.46. The molecule has 1 unspecified atom stereocenters. The molecule has 27 heavy (non-hydrogen) atoms. The van der Waals surface area contributed by atoms with E-state index in [2.05, 4.69) is 32.4 Å². The Balaban J connectivity index is 1.40. The van der Waals surface area contributed by atoms with Gasteiger partial charge in [0.1, 0.15) is 0 Å². The molecule has 150 valence electrons. The van der Waals surface area contributed by atoms with E-state index in [1.807, 2.05) is 6.20 Å². The molecule has 1 amide bonds. The Bertz CT molecular complexity index is 638. The molecule has 2 aliphatic rings. The van der Waals surface area contributed by atoms with Crippen molar-refractivity contribution in [1.29, 1.82) is 0 Å². The lowest BCUT2D eigenvalue weighted by Crippen LogP contribution is -2.46. The lowest BCUT2D eigenvalue weighted by Gasteiger charge is -2.26. The number of thiazole rings is 1. The second kappa shape index (κ2) is 10.1. The van der Waals surface area contributed by atoms with Gasteiger partial charge in [0.15, 0.2) is 5.96 Å². The number of rotatable bonds is 6. The van der Waals surface area contributed by atoms with Gasteiger partial charge in [-0.05, 0) is 25.7 Å². The molecule has 1 atom stereocenters. The number of hydrogen-bond donors (Lipinski definition) is 2. The number of likely N-dealkylation sites (tertiary alicyclic amines) is 1. The first-order valence-electron chi connectivity index (χ1n) is 10.4. The predicted molar refractivity (Wildman–Crippen MR) is 111 cm³/mol. The zero-order chi connectivity index (χ0) is 19.1. The van der Waals surface area contributed by atoms with Crippen molar-refractivity contribution in [3.8, 4) is 0 Å². The number of nitrogens with zero attached hydrogens (tertiary/aromatic N) is 3. The van der Waals surface area contributed by atoms with E-state index in [-0.39, 0.29) is 12.0 Å². The molecule has 1 aliphatic carbocycles. The molecule has 3 rings (SSSR count). The average molecular weight is 392 g/mol. The maximum absolute atomic E-state index is 12.7. The summed E-state index contributed by atoms with van der Waals surface area (Å²) < 4.78 is 0. The zero-order valence-corrected chi connectivity index (χ0v) is 17.5. The van der Waals surface area contributed by atoms with E-state index in [1.165, 1.54) is 29.1 Å². The molecule has 0 bridgehead atoms. The third-order valence-electron chi connectivity index (χ3n) is 5.60. The summed E-state index contributed by atoms with van der Waals surface area (Å²) in [4.78, 5) is 24.9. The van der Waals surface area contributed by atoms with Crippen LogP contribution in [0.5, 0.6) is 0 Å². The number of amides is 1. The van der Waals surface area contributed by atoms with Crippen molar-refractivity contribution in [3.05, 3.63) is 16.1 Å². The number of aryl methyl sites for hydroxylation is 1. The summed E-state index contributed by atoms with van der Waals surface area (Å²) in [5.41, 5.74) is 0. The zero-order valence-electron chi connectivity index (χ0n) is 16.7. The summed E-state index contributed by atoms with van der Waals surface area (Å²) in [5, 5.41) is 8.03. The van der Waals surface area contributed by atoms with Crippen LogP contribution in [0, 0.1) is 5.92 Å². The van der Waals surface area contributed by atoms with Gasteiger partial charge in [0, 0.05) is 56.1 Å². The summed E-state index contributed by atoms with van der Waals surface area (Å²) >= 11 is 1.79. The first-order chi connectivity index (χ1) is 13.2. The lowest BCUT2D eigenvalue weighted by atomic mass is 9.88. The van der Waals surface area contributed by atoms with Gasteiger partial charge >= 0.3 is 0 Å². The van der Waals surface area contributed by atoms with Gasteiger partial charge in [0.05, 0.1) is 5.01 Å². The summed E-state index contributed by atoms with van der Waals surface area (Å²) in [7, 11) is 1.80. The maximum atomic E-state index is 12.7. The van der Waals surface area contributed by atoms with Crippen LogP contribution in [0.4, 0.5) is 0 Å². The highest BCUT2D eigenvalue weighted by atomic mass is 32.1. The van der Waals surface area contributed by atoms with Crippen LogP contribution in [-0.2, 0) is 17.6 Å². The second-order valence-electron chi connectivity index (χ2n) is 7.57. The van der Waals surface area contributed by atoms with E-state index in [4.69, 9.17) is 0 Å². The number of carbonyl (C=O) groups excluding carboxylic acids is 1. The Morgan fingerprint density at radius 3 is 2.85 bits per heavy atom. The SMILES string of the molecule is CCc1cnc(CCNC(=NC)NC2CCN(C(=O)C3CCCCC3)C2)s1. The van der Waals surface area contributed by atoms with Gasteiger partial charge in [0.2, 0.25) is 5.91 Å². The monoisotopic (exact) mass is 391 g/mol. The molecule has 2 heterocycles. The molecule has 0 aromatic carbocycles. The molecule has 1 aromatic heterocycles. The van der Waals surface area contributed by atoms with Crippen molar-refractivity contribution in [2.45, 2.75) is 64.3 Å². The highest BCUT2D eigenvalue weighted by Gasteiger charge is 2.31. The standard InChI is InChI=1S/C20H33N5OS/c1-3-17-13-23-18(27-17)9-11-22-20(21-2)24-16-10-12-25(14-16)19(26)15-7-5-4-6-8-15/h13,15-16H,3-12,14H2,1-2H3,(H2,21,22,24). The Morgan fingerprint density at radius 1 is 1.33 bits per heavy atom. The number of aliphatic imine (C=N–C) groups is 1. The fourth-order valence-electron chi connectivity index (χ4n) is 3.99. The first kappa shape index (κ1) is 20.1. The number of carbonyl (C=O) groups is 1. The Labute approximate surface area is 166 Å². The molecule has 1 aliphatic heterocycles. The van der Waals surface area contributed by atoms with E-state index in [1.54, 1.807) is 18.4 Å². The molecule has 0 spiro atoms. The van der Waals surface area contributed by atoms with Gasteiger partial charge in [-0.2, -0.15) is 0 Å². The van der Waals surface area contributed by atoms with Gasteiger partial charge in [-0.15, -0.1) is 11.3 Å². The first-order valence-corrected chi connectivity index (χ1v) is 11.2. The van der Waals surface area contributed by atoms with Crippen LogP contribution in [0.15, 0.2) is 11.2 Å². The van der Waals surface area contributed by atoms with Crippen molar-refractivity contribution < 1.29 is 4.79 Å². The topological polar surface area (TPSA) is 69.6 Å². The predicted octanol–water partition coefficient (Wildman–Crippen LogP) is 2.59. The number of aromatic nitrogens is 1. The molecule has 0 radical (unpaired) electrons. The molecular weight excluding hydrogens is 358 g/mol. The maximum Gasteiger partial charge on any atom is 0.225 e. The van der Waals surface area contributed by atoms with Crippen molar-refractivity contribution in [3.63, 3.8) is 0 Å². The fraction of sp³-hybridized carbons (Fsp3) is 0.750. The van der Waals surface area contributed by atoms with Crippen LogP contribution in [0.2, 0.25) is 0 Å². The molecule has 1 saturated carbocycles. The van der Waals surface area contributed by atoms with Crippen molar-refractivity contribution in [1.82, 2.24) is 20.5 Å². The fourth-order valence-corrected chi connectivity index (χ4v) is 4.85. The Morgan fingerprint density at radius 2 is 2.15 bits per heavy atom. The van der Waals surface area contributed by atoms with Gasteiger partial charge in [0.25, 0.3) is 0 Å². The Kier molecular flexibility index (Phi) is 7.50. The average Bonchev–Trinajstić information content (AvgIpc) is 3.36. The smallest absolute Gasteiger partial charge is 0.225 e. The summed E-state index contributed by atoms with van der Waals surface area (Å²) in [6.45, 7) is 4.63. The third kappa shape index (κ3) is 5.67. The van der Waals surface area contributed by atoms with Crippen LogP contribution in [0.1, 0.15) is 55.3 Å². The van der Waals surface area contributed by atoms with E-state index in [0.29, 0.717) is 5.91 Å². The molecule has 1 saturated heterocycles. The van der Waals surface area contributed by atoms with Gasteiger partial charge in [-0.1, -0.05) is 26.2 Å². The van der Waals surface area contributed by atoms with Crippen molar-refractivity contribution >= 4 is 23.2 Å². The second-order valence-corrected chi connectivity index (χ2v) is 8.77. The molecule has 1 aromatic rings. The van der Waals surface area contributed by atoms with E-state index in [0.717, 1.165) is 57.7 Å². The third-order valence-corrected chi connectivity index (χ3v) is 6.80. The molecule has 7 heteroatoms. The summed E-state index contributed by atoms with van der Waals surface area (Å²) in [6.07, 6.45) is 10.8. The minimum atomic E-state index is 0.265. The molecular formula is C20H33N5OS. The molecule has 6 nitrogen and oxygen atoms in total. The minimum absolute atomic E-state index is 0.265. The van der Waals surface area contributed by atoms with Crippen LogP contribution < -0.4 is 10.6 Å². The number of hydrogen-bond acceptors (Lipinski definition) is 4. The van der Waals surface area contributed by atoms with Crippen molar-refractivity contribution in [2.75, 3.05) is 26.7 Å². The van der Waals surface area contributed by atoms with Gasteiger partial charge < -0.3 is 15.5 Å². The summed E-state index contributed by atoms with van der Waals surface area (Å²) in [6, 6.07) is 0.287. The largest absolute Gasteiger partial charge is 0.356 e. The van der Waals surface area contributed by atoms with Gasteiger partial charge in [-0.3, -0.25) is 9.79 Å².